The van der Waals surface area contributed by atoms with Gasteiger partial charge in [-0.1, -0.05) is 6.07 Å². The molecule has 3 N–H and O–H groups in total. The number of nitrogens with zero attached hydrogens (tertiary/aromatic N) is 1. The molecule has 0 saturated heterocycles. The Balaban J connectivity index is 1.92. The maximum Gasteiger partial charge on any atom is 0.159 e. The molecule has 0 saturated carbocycles. The van der Waals surface area contributed by atoms with E-state index in [1.54, 1.807) is 0 Å². The Kier molecular flexibility index (Phi) is 4.46. The number of halogens is 2. The molecule has 0 spiro atoms. The minimum absolute atomic E-state index is 0.245. The first-order valence-corrected chi connectivity index (χ1v) is 6.33. The maximum atomic E-state index is 13.1. The van der Waals surface area contributed by atoms with E-state index in [-0.39, 0.29) is 6.54 Å². The van der Waals surface area contributed by atoms with E-state index in [2.05, 4.69) is 15.5 Å². The topological polar surface area (TPSA) is 60.9 Å². The lowest BCUT2D eigenvalue weighted by Gasteiger charge is -2.12. The fraction of sp³-hybridized carbons (Fsp3) is 0.357. The van der Waals surface area contributed by atoms with Crippen LogP contribution >= 0.6 is 0 Å². The molecule has 20 heavy (non-hydrogen) atoms. The predicted molar refractivity (Wildman–Crippen MR) is 71.1 cm³/mol. The van der Waals surface area contributed by atoms with Crippen LogP contribution in [0.4, 0.5) is 8.78 Å². The molecule has 108 valence electrons. The normalized spacial score (nSPS) is 12.7. The minimum atomic E-state index is -0.955. The van der Waals surface area contributed by atoms with Gasteiger partial charge < -0.3 is 10.4 Å². The second-order valence-corrected chi connectivity index (χ2v) is 4.73. The lowest BCUT2D eigenvalue weighted by Crippen LogP contribution is -2.21. The van der Waals surface area contributed by atoms with Crippen molar-refractivity contribution in [3.8, 4) is 0 Å². The lowest BCUT2D eigenvalue weighted by molar-refractivity contribution is 0.173. The van der Waals surface area contributed by atoms with Crippen LogP contribution in [0.1, 0.15) is 28.6 Å². The van der Waals surface area contributed by atoms with Gasteiger partial charge in [-0.25, -0.2) is 8.78 Å². The second kappa shape index (κ2) is 6.11. The fourth-order valence-electron chi connectivity index (χ4n) is 2.01. The number of hydrogen-bond acceptors (Lipinski definition) is 3. The molecule has 0 aliphatic rings. The Morgan fingerprint density at radius 1 is 1.30 bits per heavy atom. The first-order valence-electron chi connectivity index (χ1n) is 6.33. The molecule has 2 rings (SSSR count). The van der Waals surface area contributed by atoms with Crippen molar-refractivity contribution in [3.63, 3.8) is 0 Å². The molecule has 2 aromatic rings. The van der Waals surface area contributed by atoms with Crippen molar-refractivity contribution < 1.29 is 13.9 Å². The Morgan fingerprint density at radius 2 is 2.05 bits per heavy atom. The summed E-state index contributed by atoms with van der Waals surface area (Å²) in [7, 11) is 0. The summed E-state index contributed by atoms with van der Waals surface area (Å²) in [5.41, 5.74) is 3.26. The molecule has 6 heteroatoms. The van der Waals surface area contributed by atoms with E-state index in [1.165, 1.54) is 6.07 Å². The number of aromatic amines is 1. The predicted octanol–water partition coefficient (Wildman–Crippen LogP) is 2.13. The van der Waals surface area contributed by atoms with E-state index in [1.807, 2.05) is 13.8 Å². The average Bonchev–Trinajstić information content (AvgIpc) is 2.73. The van der Waals surface area contributed by atoms with Crippen LogP contribution in [0.2, 0.25) is 0 Å². The third-order valence-corrected chi connectivity index (χ3v) is 3.25. The van der Waals surface area contributed by atoms with Gasteiger partial charge in [0.05, 0.1) is 11.8 Å². The van der Waals surface area contributed by atoms with Crippen molar-refractivity contribution in [2.45, 2.75) is 26.5 Å². The van der Waals surface area contributed by atoms with E-state index in [0.29, 0.717) is 12.1 Å². The van der Waals surface area contributed by atoms with E-state index >= 15 is 0 Å². The number of benzene rings is 1. The molecule has 1 aromatic heterocycles. The summed E-state index contributed by atoms with van der Waals surface area (Å²) in [4.78, 5) is 0. The van der Waals surface area contributed by atoms with Crippen molar-refractivity contribution in [2.75, 3.05) is 6.54 Å². The SMILES string of the molecule is Cc1n[nH]c(C)c1CNCC(O)c1ccc(F)c(F)c1. The summed E-state index contributed by atoms with van der Waals surface area (Å²) in [5.74, 6) is -1.87. The van der Waals surface area contributed by atoms with E-state index < -0.39 is 17.7 Å². The molecular weight excluding hydrogens is 264 g/mol. The molecule has 0 fully saturated rings. The third kappa shape index (κ3) is 3.20. The van der Waals surface area contributed by atoms with E-state index in [0.717, 1.165) is 29.1 Å². The molecule has 1 aromatic carbocycles. The van der Waals surface area contributed by atoms with Gasteiger partial charge in [0.2, 0.25) is 0 Å². The zero-order valence-electron chi connectivity index (χ0n) is 11.4. The van der Waals surface area contributed by atoms with Crippen LogP contribution in [0, 0.1) is 25.5 Å². The van der Waals surface area contributed by atoms with Crippen LogP contribution in [0.5, 0.6) is 0 Å². The molecular formula is C14H17F2N3O. The highest BCUT2D eigenvalue weighted by molar-refractivity contribution is 5.23. The summed E-state index contributed by atoms with van der Waals surface area (Å²) in [6, 6.07) is 3.40. The van der Waals surface area contributed by atoms with Gasteiger partial charge in [-0.15, -0.1) is 0 Å². The van der Waals surface area contributed by atoms with Gasteiger partial charge in [0.15, 0.2) is 11.6 Å². The van der Waals surface area contributed by atoms with Gasteiger partial charge >= 0.3 is 0 Å². The first kappa shape index (κ1) is 14.6. The van der Waals surface area contributed by atoms with Crippen LogP contribution < -0.4 is 5.32 Å². The minimum Gasteiger partial charge on any atom is -0.387 e. The summed E-state index contributed by atoms with van der Waals surface area (Å²) < 4.78 is 25.9. The van der Waals surface area contributed by atoms with Gasteiger partial charge in [0.1, 0.15) is 0 Å². The van der Waals surface area contributed by atoms with Crippen LogP contribution in [0.3, 0.4) is 0 Å². The largest absolute Gasteiger partial charge is 0.387 e. The molecule has 0 aliphatic carbocycles. The molecule has 0 amide bonds. The quantitative estimate of drug-likeness (QED) is 0.787. The maximum absolute atomic E-state index is 13.1. The second-order valence-electron chi connectivity index (χ2n) is 4.73. The monoisotopic (exact) mass is 281 g/mol. The summed E-state index contributed by atoms with van der Waals surface area (Å²) in [6.45, 7) is 4.61. The standard InChI is InChI=1S/C14H17F2N3O/c1-8-11(9(2)19-18-8)6-17-7-14(20)10-3-4-12(15)13(16)5-10/h3-5,14,17,20H,6-7H2,1-2H3,(H,18,19). The number of aliphatic hydroxyl groups excluding tert-OH is 1. The van der Waals surface area contributed by atoms with E-state index in [4.69, 9.17) is 0 Å². The Bertz CT molecular complexity index is 579. The third-order valence-electron chi connectivity index (χ3n) is 3.25. The molecule has 0 radical (unpaired) electrons. The molecule has 1 unspecified atom stereocenters. The van der Waals surface area contributed by atoms with Crippen LogP contribution in [-0.2, 0) is 6.54 Å². The van der Waals surface area contributed by atoms with Gasteiger partial charge in [0.25, 0.3) is 0 Å². The van der Waals surface area contributed by atoms with E-state index in [9.17, 15) is 13.9 Å². The molecule has 0 bridgehead atoms. The van der Waals surface area contributed by atoms with Gasteiger partial charge in [0, 0.05) is 24.3 Å². The molecule has 0 aliphatic heterocycles. The van der Waals surface area contributed by atoms with Crippen LogP contribution in [0.25, 0.3) is 0 Å². The van der Waals surface area contributed by atoms with Crippen molar-refractivity contribution in [1.82, 2.24) is 15.5 Å². The zero-order chi connectivity index (χ0) is 14.7. The molecule has 1 heterocycles. The summed E-state index contributed by atoms with van der Waals surface area (Å²) in [6.07, 6.45) is -0.891. The molecule has 4 nitrogen and oxygen atoms in total. The fourth-order valence-corrected chi connectivity index (χ4v) is 2.01. The number of hydrogen-bond donors (Lipinski definition) is 3. The van der Waals surface area contributed by atoms with Gasteiger partial charge in [-0.2, -0.15) is 5.10 Å². The highest BCUT2D eigenvalue weighted by Gasteiger charge is 2.11. The van der Waals surface area contributed by atoms with Gasteiger partial charge in [-0.3, -0.25) is 5.10 Å². The van der Waals surface area contributed by atoms with Crippen molar-refractivity contribution in [2.24, 2.45) is 0 Å². The number of aryl methyl sites for hydroxylation is 2. The van der Waals surface area contributed by atoms with Crippen LogP contribution in [-0.4, -0.2) is 21.8 Å². The number of H-pyrrole nitrogens is 1. The summed E-state index contributed by atoms with van der Waals surface area (Å²) >= 11 is 0. The average molecular weight is 281 g/mol. The Morgan fingerprint density at radius 3 is 2.65 bits per heavy atom. The first-order chi connectivity index (χ1) is 9.49. The number of aliphatic hydroxyl groups is 1. The highest BCUT2D eigenvalue weighted by atomic mass is 19.2. The number of nitrogens with one attached hydrogen (secondary N) is 2. The number of rotatable bonds is 5. The Hall–Kier alpha value is -1.79. The van der Waals surface area contributed by atoms with Crippen molar-refractivity contribution in [1.29, 1.82) is 0 Å². The van der Waals surface area contributed by atoms with Crippen molar-refractivity contribution >= 4 is 0 Å². The van der Waals surface area contributed by atoms with Crippen LogP contribution in [0.15, 0.2) is 18.2 Å². The Labute approximate surface area is 115 Å². The summed E-state index contributed by atoms with van der Waals surface area (Å²) in [5, 5.41) is 20.0. The van der Waals surface area contributed by atoms with Gasteiger partial charge in [-0.05, 0) is 31.5 Å². The molecule has 1 atom stereocenters. The number of aromatic nitrogens is 2. The van der Waals surface area contributed by atoms with Crippen molar-refractivity contribution in [3.05, 3.63) is 52.3 Å². The smallest absolute Gasteiger partial charge is 0.159 e. The zero-order valence-corrected chi connectivity index (χ0v) is 11.4. The highest BCUT2D eigenvalue weighted by Crippen LogP contribution is 2.16. The lowest BCUT2D eigenvalue weighted by atomic mass is 10.1.